The molecule has 1 aromatic rings. The number of amides is 1. The molecule has 1 unspecified atom stereocenters. The van der Waals surface area contributed by atoms with Crippen molar-refractivity contribution in [1.82, 2.24) is 15.2 Å². The average Bonchev–Trinajstić information content (AvgIpc) is 2.36. The summed E-state index contributed by atoms with van der Waals surface area (Å²) >= 11 is 5.96. The van der Waals surface area contributed by atoms with E-state index in [0.717, 1.165) is 18.7 Å². The third-order valence-electron chi connectivity index (χ3n) is 3.15. The Balaban J connectivity index is 2.85. The fourth-order valence-corrected chi connectivity index (χ4v) is 2.16. The van der Waals surface area contributed by atoms with Crippen LogP contribution < -0.4 is 5.32 Å². The topological polar surface area (TPSA) is 45.2 Å². The first-order chi connectivity index (χ1) is 9.33. The van der Waals surface area contributed by atoms with Crippen LogP contribution in [0.4, 0.5) is 0 Å². The highest BCUT2D eigenvalue weighted by atomic mass is 35.5. The SMILES string of the molecule is CCc1cc(C(=O)NC(CN(C)C)C(C)C)cc(Cl)n1. The molecular formula is C15H24ClN3O. The first-order valence-electron chi connectivity index (χ1n) is 6.95. The number of hydrogen-bond donors (Lipinski definition) is 1. The third-order valence-corrected chi connectivity index (χ3v) is 3.35. The number of aromatic nitrogens is 1. The van der Waals surface area contributed by atoms with Crippen LogP contribution in [0.1, 0.15) is 36.8 Å². The summed E-state index contributed by atoms with van der Waals surface area (Å²) in [5, 5.41) is 3.44. The molecule has 0 spiro atoms. The molecule has 20 heavy (non-hydrogen) atoms. The smallest absolute Gasteiger partial charge is 0.251 e. The van der Waals surface area contributed by atoms with Crippen LogP contribution in [0.2, 0.25) is 5.15 Å². The van der Waals surface area contributed by atoms with Crippen molar-refractivity contribution >= 4 is 17.5 Å². The molecule has 112 valence electrons. The maximum absolute atomic E-state index is 12.3. The number of pyridine rings is 1. The molecule has 0 saturated carbocycles. The number of hydrogen-bond acceptors (Lipinski definition) is 3. The van der Waals surface area contributed by atoms with E-state index in [2.05, 4.69) is 29.0 Å². The zero-order valence-corrected chi connectivity index (χ0v) is 13.7. The van der Waals surface area contributed by atoms with Crippen molar-refractivity contribution in [2.45, 2.75) is 33.2 Å². The summed E-state index contributed by atoms with van der Waals surface area (Å²) in [7, 11) is 4.00. The number of halogens is 1. The van der Waals surface area contributed by atoms with Gasteiger partial charge in [-0.1, -0.05) is 32.4 Å². The summed E-state index contributed by atoms with van der Waals surface area (Å²) in [6.07, 6.45) is 0.756. The molecule has 1 heterocycles. The van der Waals surface area contributed by atoms with E-state index in [1.165, 1.54) is 0 Å². The van der Waals surface area contributed by atoms with Crippen molar-refractivity contribution in [2.24, 2.45) is 5.92 Å². The molecule has 0 radical (unpaired) electrons. The number of carbonyl (C=O) groups is 1. The van der Waals surface area contributed by atoms with Gasteiger partial charge < -0.3 is 10.2 Å². The van der Waals surface area contributed by atoms with E-state index in [-0.39, 0.29) is 11.9 Å². The van der Waals surface area contributed by atoms with Crippen molar-refractivity contribution in [3.8, 4) is 0 Å². The van der Waals surface area contributed by atoms with E-state index < -0.39 is 0 Å². The molecule has 0 aromatic carbocycles. The molecule has 0 aliphatic carbocycles. The van der Waals surface area contributed by atoms with Crippen LogP contribution in [0, 0.1) is 5.92 Å². The molecule has 1 amide bonds. The van der Waals surface area contributed by atoms with Crippen LogP contribution in [0.5, 0.6) is 0 Å². The van der Waals surface area contributed by atoms with Crippen molar-refractivity contribution in [1.29, 1.82) is 0 Å². The van der Waals surface area contributed by atoms with E-state index in [1.807, 2.05) is 21.0 Å². The van der Waals surface area contributed by atoms with Gasteiger partial charge in [-0.25, -0.2) is 4.98 Å². The van der Waals surface area contributed by atoms with Gasteiger partial charge in [0.15, 0.2) is 0 Å². The Hall–Kier alpha value is -1.13. The quantitative estimate of drug-likeness (QED) is 0.821. The first-order valence-corrected chi connectivity index (χ1v) is 7.33. The normalized spacial score (nSPS) is 12.8. The lowest BCUT2D eigenvalue weighted by molar-refractivity contribution is 0.0916. The van der Waals surface area contributed by atoms with Crippen LogP contribution in [0.15, 0.2) is 12.1 Å². The van der Waals surface area contributed by atoms with E-state index in [4.69, 9.17) is 11.6 Å². The minimum atomic E-state index is -0.0930. The number of rotatable bonds is 6. The zero-order valence-electron chi connectivity index (χ0n) is 12.9. The Morgan fingerprint density at radius 3 is 2.55 bits per heavy atom. The van der Waals surface area contributed by atoms with Gasteiger partial charge in [0.2, 0.25) is 0 Å². The number of nitrogens with zero attached hydrogens (tertiary/aromatic N) is 2. The van der Waals surface area contributed by atoms with Gasteiger partial charge >= 0.3 is 0 Å². The molecule has 0 aliphatic heterocycles. The highest BCUT2D eigenvalue weighted by molar-refractivity contribution is 6.29. The molecule has 0 fully saturated rings. The monoisotopic (exact) mass is 297 g/mol. The first kappa shape index (κ1) is 16.9. The molecule has 4 nitrogen and oxygen atoms in total. The number of likely N-dealkylation sites (N-methyl/N-ethyl adjacent to an activating group) is 1. The fraction of sp³-hybridized carbons (Fsp3) is 0.600. The number of carbonyl (C=O) groups excluding carboxylic acids is 1. The maximum Gasteiger partial charge on any atom is 0.251 e. The summed E-state index contributed by atoms with van der Waals surface area (Å²) in [4.78, 5) is 18.6. The van der Waals surface area contributed by atoms with Crippen LogP contribution in [-0.2, 0) is 6.42 Å². The number of aryl methyl sites for hydroxylation is 1. The fourth-order valence-electron chi connectivity index (χ4n) is 1.93. The van der Waals surface area contributed by atoms with Gasteiger partial charge in [0.25, 0.3) is 5.91 Å². The van der Waals surface area contributed by atoms with E-state index in [0.29, 0.717) is 16.6 Å². The lowest BCUT2D eigenvalue weighted by Gasteiger charge is -2.25. The molecule has 5 heteroatoms. The Morgan fingerprint density at radius 1 is 1.40 bits per heavy atom. The van der Waals surface area contributed by atoms with Crippen molar-refractivity contribution in [3.63, 3.8) is 0 Å². The van der Waals surface area contributed by atoms with Crippen LogP contribution in [0.25, 0.3) is 0 Å². The molecular weight excluding hydrogens is 274 g/mol. The Bertz CT molecular complexity index is 460. The predicted octanol–water partition coefficient (Wildman–Crippen LogP) is 2.61. The van der Waals surface area contributed by atoms with E-state index in [9.17, 15) is 4.79 Å². The zero-order chi connectivity index (χ0) is 15.3. The molecule has 0 saturated heterocycles. The minimum Gasteiger partial charge on any atom is -0.348 e. The maximum atomic E-state index is 12.3. The second kappa shape index (κ2) is 7.60. The average molecular weight is 298 g/mol. The van der Waals surface area contributed by atoms with Crippen LogP contribution in [-0.4, -0.2) is 42.5 Å². The summed E-state index contributed by atoms with van der Waals surface area (Å²) in [6, 6.07) is 3.52. The third kappa shape index (κ3) is 5.10. The lowest BCUT2D eigenvalue weighted by atomic mass is 10.0. The largest absolute Gasteiger partial charge is 0.348 e. The Labute approximate surface area is 126 Å². The molecule has 1 N–H and O–H groups in total. The predicted molar refractivity (Wildman–Crippen MR) is 83.3 cm³/mol. The summed E-state index contributed by atoms with van der Waals surface area (Å²) < 4.78 is 0. The van der Waals surface area contributed by atoms with Crippen LogP contribution in [0.3, 0.4) is 0 Å². The van der Waals surface area contributed by atoms with Gasteiger partial charge in [0, 0.05) is 23.8 Å². The van der Waals surface area contributed by atoms with Gasteiger partial charge in [-0.15, -0.1) is 0 Å². The summed E-state index contributed by atoms with van der Waals surface area (Å²) in [5.41, 5.74) is 1.41. The molecule has 1 atom stereocenters. The second-order valence-electron chi connectivity index (χ2n) is 5.61. The van der Waals surface area contributed by atoms with E-state index in [1.54, 1.807) is 12.1 Å². The second-order valence-corrected chi connectivity index (χ2v) is 6.00. The van der Waals surface area contributed by atoms with Crippen LogP contribution >= 0.6 is 11.6 Å². The van der Waals surface area contributed by atoms with Crippen molar-refractivity contribution < 1.29 is 4.79 Å². The van der Waals surface area contributed by atoms with Gasteiger partial charge in [-0.2, -0.15) is 0 Å². The Kier molecular flexibility index (Phi) is 6.43. The van der Waals surface area contributed by atoms with Gasteiger partial charge in [-0.3, -0.25) is 4.79 Å². The molecule has 0 bridgehead atoms. The summed E-state index contributed by atoms with van der Waals surface area (Å²) in [6.45, 7) is 7.00. The van der Waals surface area contributed by atoms with E-state index >= 15 is 0 Å². The van der Waals surface area contributed by atoms with Gasteiger partial charge in [0.1, 0.15) is 5.15 Å². The Morgan fingerprint density at radius 2 is 2.05 bits per heavy atom. The lowest BCUT2D eigenvalue weighted by Crippen LogP contribution is -2.45. The van der Waals surface area contributed by atoms with Crippen molar-refractivity contribution in [3.05, 3.63) is 28.5 Å². The molecule has 1 rings (SSSR count). The highest BCUT2D eigenvalue weighted by Crippen LogP contribution is 2.12. The summed E-state index contributed by atoms with van der Waals surface area (Å²) in [5.74, 6) is 0.272. The minimum absolute atomic E-state index is 0.0930. The van der Waals surface area contributed by atoms with Gasteiger partial charge in [-0.05, 0) is 38.6 Å². The standard InChI is InChI=1S/C15H24ClN3O/c1-6-12-7-11(8-14(16)17-12)15(20)18-13(10(2)3)9-19(4)5/h7-8,10,13H,6,9H2,1-5H3,(H,18,20). The molecule has 1 aromatic heterocycles. The molecule has 0 aliphatic rings. The van der Waals surface area contributed by atoms with Gasteiger partial charge in [0.05, 0.1) is 0 Å². The van der Waals surface area contributed by atoms with Crippen molar-refractivity contribution in [2.75, 3.05) is 20.6 Å². The highest BCUT2D eigenvalue weighted by Gasteiger charge is 2.18. The number of nitrogens with one attached hydrogen (secondary N) is 1.